The Bertz CT molecular complexity index is 1010. The number of hydrogen-bond donors (Lipinski definition) is 1. The Morgan fingerprint density at radius 1 is 1.21 bits per heavy atom. The molecule has 0 saturated carbocycles. The molecule has 1 N–H and O–H groups in total. The van der Waals surface area contributed by atoms with E-state index in [-0.39, 0.29) is 11.5 Å². The van der Waals surface area contributed by atoms with Crippen LogP contribution >= 0.6 is 0 Å². The highest BCUT2D eigenvalue weighted by Gasteiger charge is 2.33. The van der Waals surface area contributed by atoms with E-state index >= 15 is 0 Å². The van der Waals surface area contributed by atoms with Gasteiger partial charge in [-0.05, 0) is 62.9 Å². The molecular formula is C27H42N4O2. The predicted octanol–water partition coefficient (Wildman–Crippen LogP) is 5.62. The highest BCUT2D eigenvalue weighted by molar-refractivity contribution is 5.96. The number of likely N-dealkylation sites (N-methyl/N-ethyl adjacent to an activating group) is 1. The van der Waals surface area contributed by atoms with Crippen LogP contribution in [0.5, 0.6) is 0 Å². The molecular weight excluding hydrogens is 412 g/mol. The van der Waals surface area contributed by atoms with Crippen LogP contribution in [0, 0.1) is 0 Å². The number of nitrogens with zero attached hydrogens (tertiary/aromatic N) is 3. The summed E-state index contributed by atoms with van der Waals surface area (Å²) in [6.07, 6.45) is 9.88. The lowest BCUT2D eigenvalue weighted by atomic mass is 9.81. The number of rotatable bonds is 7. The van der Waals surface area contributed by atoms with Crippen LogP contribution in [0.3, 0.4) is 0 Å². The number of aryl methyl sites for hydroxylation is 2. The van der Waals surface area contributed by atoms with Gasteiger partial charge in [0.15, 0.2) is 0 Å². The number of esters is 1. The molecule has 0 saturated heterocycles. The third-order valence-corrected chi connectivity index (χ3v) is 6.15. The van der Waals surface area contributed by atoms with Gasteiger partial charge in [-0.25, -0.2) is 9.78 Å². The summed E-state index contributed by atoms with van der Waals surface area (Å²) in [5.41, 5.74) is 4.73. The average Bonchev–Trinajstić information content (AvgIpc) is 3.47. The fourth-order valence-corrected chi connectivity index (χ4v) is 4.74. The van der Waals surface area contributed by atoms with Gasteiger partial charge >= 0.3 is 5.97 Å². The third-order valence-electron chi connectivity index (χ3n) is 6.15. The van der Waals surface area contributed by atoms with Gasteiger partial charge in [-0.2, -0.15) is 0 Å². The van der Waals surface area contributed by atoms with Gasteiger partial charge in [0.05, 0.1) is 19.0 Å². The van der Waals surface area contributed by atoms with E-state index in [0.717, 1.165) is 45.3 Å². The number of fused-ring (bicyclic) bond motifs is 3. The van der Waals surface area contributed by atoms with E-state index in [1.165, 1.54) is 29.3 Å². The van der Waals surface area contributed by atoms with Crippen molar-refractivity contribution in [2.75, 3.05) is 13.7 Å². The van der Waals surface area contributed by atoms with Crippen LogP contribution in [-0.2, 0) is 30.7 Å². The van der Waals surface area contributed by atoms with Gasteiger partial charge < -0.3 is 19.2 Å². The lowest BCUT2D eigenvalue weighted by molar-refractivity contribution is 0.0601. The van der Waals surface area contributed by atoms with Crippen molar-refractivity contribution in [3.05, 3.63) is 53.7 Å². The number of methoxy groups -OCH3 is 1. The quantitative estimate of drug-likeness (QED) is 0.471. The maximum Gasteiger partial charge on any atom is 0.337 e. The number of imidazole rings is 1. The first-order chi connectivity index (χ1) is 16.0. The summed E-state index contributed by atoms with van der Waals surface area (Å²) in [5, 5.41) is 4.86. The van der Waals surface area contributed by atoms with Crippen LogP contribution in [0.2, 0.25) is 0 Å². The van der Waals surface area contributed by atoms with Gasteiger partial charge in [0.2, 0.25) is 0 Å². The van der Waals surface area contributed by atoms with Gasteiger partial charge in [-0.3, -0.25) is 0 Å². The molecule has 0 bridgehead atoms. The van der Waals surface area contributed by atoms with E-state index in [1.54, 1.807) is 0 Å². The van der Waals surface area contributed by atoms with Crippen LogP contribution in [-0.4, -0.2) is 39.3 Å². The summed E-state index contributed by atoms with van der Waals surface area (Å²) in [5.74, 6) is -0.279. The first-order valence-electron chi connectivity index (χ1n) is 12.5. The summed E-state index contributed by atoms with van der Waals surface area (Å²) >= 11 is 0. The SMILES string of the molecule is CC.CC.CCNC1(C)CCc2c(c3cc(C(=O)OC)ccc3n2CCCn2ccnc2)C1. The fraction of sp³-hybridized carbons (Fsp3) is 0.556. The summed E-state index contributed by atoms with van der Waals surface area (Å²) in [7, 11) is 1.44. The monoisotopic (exact) mass is 454 g/mol. The van der Waals surface area contributed by atoms with Crippen molar-refractivity contribution in [1.82, 2.24) is 19.4 Å². The normalized spacial score (nSPS) is 16.8. The standard InChI is InChI=1S/C23H30N4O2.2C2H6/c1-4-25-23(2)9-8-21-19(15-23)18-14-17(22(28)29-3)6-7-20(18)27(21)12-5-11-26-13-10-24-16-26;2*1-2/h6-7,10,13-14,16,25H,4-5,8-9,11-12,15H2,1-3H3;2*1-2H3. The Hall–Kier alpha value is -2.60. The number of benzene rings is 1. The summed E-state index contributed by atoms with van der Waals surface area (Å²) in [4.78, 5) is 16.2. The lowest BCUT2D eigenvalue weighted by Crippen LogP contribution is -2.46. The van der Waals surface area contributed by atoms with Crippen LogP contribution in [0.1, 0.15) is 76.0 Å². The highest BCUT2D eigenvalue weighted by atomic mass is 16.5. The Morgan fingerprint density at radius 3 is 2.61 bits per heavy atom. The van der Waals surface area contributed by atoms with Crippen LogP contribution in [0.25, 0.3) is 10.9 Å². The second-order valence-corrected chi connectivity index (χ2v) is 8.22. The summed E-state index contributed by atoms with van der Waals surface area (Å²) in [6, 6.07) is 5.99. The minimum atomic E-state index is -0.279. The topological polar surface area (TPSA) is 61.1 Å². The maximum absolute atomic E-state index is 12.1. The number of aromatic nitrogens is 3. The fourth-order valence-electron chi connectivity index (χ4n) is 4.74. The number of carbonyl (C=O) groups excluding carboxylic acids is 1. The van der Waals surface area contributed by atoms with Crippen LogP contribution in [0.4, 0.5) is 0 Å². The molecule has 1 aliphatic rings. The van der Waals surface area contributed by atoms with Crippen molar-refractivity contribution < 1.29 is 9.53 Å². The molecule has 0 radical (unpaired) electrons. The Labute approximate surface area is 199 Å². The highest BCUT2D eigenvalue weighted by Crippen LogP contribution is 2.37. The van der Waals surface area contributed by atoms with Crippen molar-refractivity contribution in [1.29, 1.82) is 0 Å². The van der Waals surface area contributed by atoms with Gasteiger partial charge in [0.1, 0.15) is 0 Å². The zero-order chi connectivity index (χ0) is 24.4. The Kier molecular flexibility index (Phi) is 10.2. The molecule has 2 aromatic heterocycles. The average molecular weight is 455 g/mol. The van der Waals surface area contributed by atoms with E-state index in [0.29, 0.717) is 5.56 Å². The van der Waals surface area contributed by atoms with E-state index in [1.807, 2.05) is 58.5 Å². The molecule has 33 heavy (non-hydrogen) atoms. The van der Waals surface area contributed by atoms with Crippen molar-refractivity contribution in [2.24, 2.45) is 0 Å². The molecule has 1 aliphatic carbocycles. The molecule has 0 aliphatic heterocycles. The van der Waals surface area contributed by atoms with E-state index in [9.17, 15) is 4.79 Å². The lowest BCUT2D eigenvalue weighted by Gasteiger charge is -2.35. The first kappa shape index (κ1) is 26.7. The molecule has 0 spiro atoms. The minimum absolute atomic E-state index is 0.0962. The largest absolute Gasteiger partial charge is 0.465 e. The van der Waals surface area contributed by atoms with Crippen molar-refractivity contribution >= 4 is 16.9 Å². The molecule has 0 fully saturated rings. The molecule has 1 aromatic carbocycles. The van der Waals surface area contributed by atoms with Gasteiger partial charge in [0.25, 0.3) is 0 Å². The molecule has 1 unspecified atom stereocenters. The zero-order valence-electron chi connectivity index (χ0n) is 21.6. The van der Waals surface area contributed by atoms with E-state index in [2.05, 4.69) is 39.3 Å². The third kappa shape index (κ3) is 6.05. The molecule has 182 valence electrons. The van der Waals surface area contributed by atoms with Crippen LogP contribution in [0.15, 0.2) is 36.9 Å². The molecule has 4 rings (SSSR count). The minimum Gasteiger partial charge on any atom is -0.465 e. The molecule has 2 heterocycles. The van der Waals surface area contributed by atoms with Crippen molar-refractivity contribution in [3.8, 4) is 0 Å². The number of nitrogens with one attached hydrogen (secondary N) is 1. The summed E-state index contributed by atoms with van der Waals surface area (Å²) in [6.45, 7) is 15.3. The molecule has 1 atom stereocenters. The van der Waals surface area contributed by atoms with Gasteiger partial charge in [-0.15, -0.1) is 0 Å². The first-order valence-corrected chi connectivity index (χ1v) is 12.5. The predicted molar refractivity (Wildman–Crippen MR) is 137 cm³/mol. The Balaban J connectivity index is 0.000000914. The van der Waals surface area contributed by atoms with Crippen molar-refractivity contribution in [3.63, 3.8) is 0 Å². The van der Waals surface area contributed by atoms with Gasteiger partial charge in [0, 0.05) is 47.6 Å². The molecule has 3 aromatic rings. The number of ether oxygens (including phenoxy) is 1. The zero-order valence-corrected chi connectivity index (χ0v) is 21.6. The summed E-state index contributed by atoms with van der Waals surface area (Å²) < 4.78 is 9.54. The second kappa shape index (κ2) is 12.6. The van der Waals surface area contributed by atoms with Crippen molar-refractivity contribution in [2.45, 2.75) is 85.9 Å². The number of hydrogen-bond acceptors (Lipinski definition) is 4. The second-order valence-electron chi connectivity index (χ2n) is 8.22. The molecule has 6 nitrogen and oxygen atoms in total. The molecule has 0 amide bonds. The maximum atomic E-state index is 12.1. The van der Waals surface area contributed by atoms with Crippen LogP contribution < -0.4 is 5.32 Å². The van der Waals surface area contributed by atoms with Gasteiger partial charge in [-0.1, -0.05) is 34.6 Å². The van der Waals surface area contributed by atoms with E-state index in [4.69, 9.17) is 4.74 Å². The molecule has 6 heteroatoms. The smallest absolute Gasteiger partial charge is 0.337 e. The number of carbonyl (C=O) groups is 1. The Morgan fingerprint density at radius 2 is 1.97 bits per heavy atom. The van der Waals surface area contributed by atoms with E-state index < -0.39 is 0 Å².